The van der Waals surface area contributed by atoms with Crippen LogP contribution in [0.2, 0.25) is 0 Å². The molecule has 0 aliphatic carbocycles. The Labute approximate surface area is 104 Å². The zero-order chi connectivity index (χ0) is 13.0. The first kappa shape index (κ1) is 11.8. The molecule has 1 aromatic heterocycles. The summed E-state index contributed by atoms with van der Waals surface area (Å²) in [4.78, 5) is 11.1. The lowest BCUT2D eigenvalue weighted by atomic mass is 10.1. The van der Waals surface area contributed by atoms with E-state index in [0.717, 1.165) is 5.69 Å². The van der Waals surface area contributed by atoms with Crippen LogP contribution in [0.5, 0.6) is 0 Å². The Bertz CT molecular complexity index is 556. The molecule has 92 valence electrons. The van der Waals surface area contributed by atoms with Gasteiger partial charge in [0.25, 0.3) is 0 Å². The minimum Gasteiger partial charge on any atom is -0.397 e. The number of anilines is 2. The molecule has 2 aromatic rings. The summed E-state index contributed by atoms with van der Waals surface area (Å²) in [6.07, 6.45) is 1.60. The van der Waals surface area contributed by atoms with Crippen molar-refractivity contribution in [2.45, 2.75) is 6.54 Å². The van der Waals surface area contributed by atoms with E-state index in [-0.39, 0.29) is 0 Å². The molecular formula is C12H13N5O. The third-order valence-corrected chi connectivity index (χ3v) is 2.43. The summed E-state index contributed by atoms with van der Waals surface area (Å²) in [7, 11) is 0. The second-order valence-electron chi connectivity index (χ2n) is 3.73. The Morgan fingerprint density at radius 2 is 2.17 bits per heavy atom. The molecule has 2 rings (SSSR count). The summed E-state index contributed by atoms with van der Waals surface area (Å²) in [6.45, 7) is 0.472. The van der Waals surface area contributed by atoms with Crippen LogP contribution in [0.3, 0.4) is 0 Å². The van der Waals surface area contributed by atoms with Crippen molar-refractivity contribution < 1.29 is 4.79 Å². The molecule has 6 nitrogen and oxygen atoms in total. The first-order valence-electron chi connectivity index (χ1n) is 5.36. The predicted octanol–water partition coefficient (Wildman–Crippen LogP) is 0.770. The zero-order valence-corrected chi connectivity index (χ0v) is 9.63. The third-order valence-electron chi connectivity index (χ3n) is 2.43. The largest absolute Gasteiger partial charge is 0.397 e. The first-order valence-corrected chi connectivity index (χ1v) is 5.36. The molecule has 0 aliphatic rings. The molecule has 6 heteroatoms. The summed E-state index contributed by atoms with van der Waals surface area (Å²) in [5.41, 5.74) is 13.4. The molecule has 18 heavy (non-hydrogen) atoms. The van der Waals surface area contributed by atoms with Gasteiger partial charge in [0.15, 0.2) is 0 Å². The Balaban J connectivity index is 2.14. The van der Waals surface area contributed by atoms with Crippen LogP contribution in [-0.4, -0.2) is 16.1 Å². The quantitative estimate of drug-likeness (QED) is 0.687. The standard InChI is InChI=1S/C12H13N5O/c13-10-4-3-8(12(14)18)6-11(10)15-7-9-2-1-5-16-17-9/h1-6,15H,7,13H2,(H2,14,18). The molecule has 0 unspecified atom stereocenters. The van der Waals surface area contributed by atoms with Crippen LogP contribution in [0.25, 0.3) is 0 Å². The van der Waals surface area contributed by atoms with Crippen LogP contribution in [0.1, 0.15) is 16.1 Å². The number of aromatic nitrogens is 2. The highest BCUT2D eigenvalue weighted by Crippen LogP contribution is 2.20. The van der Waals surface area contributed by atoms with Gasteiger partial charge in [-0.1, -0.05) is 0 Å². The lowest BCUT2D eigenvalue weighted by Gasteiger charge is -2.09. The molecule has 0 radical (unpaired) electrons. The fourth-order valence-corrected chi connectivity index (χ4v) is 1.48. The number of hydrogen-bond donors (Lipinski definition) is 3. The Morgan fingerprint density at radius 1 is 1.33 bits per heavy atom. The fourth-order valence-electron chi connectivity index (χ4n) is 1.48. The Morgan fingerprint density at radius 3 is 2.83 bits per heavy atom. The number of benzene rings is 1. The van der Waals surface area contributed by atoms with Crippen LogP contribution >= 0.6 is 0 Å². The van der Waals surface area contributed by atoms with E-state index in [2.05, 4.69) is 15.5 Å². The van der Waals surface area contributed by atoms with Gasteiger partial charge >= 0.3 is 0 Å². The molecule has 0 aliphatic heterocycles. The zero-order valence-electron chi connectivity index (χ0n) is 9.63. The molecule has 5 N–H and O–H groups in total. The molecule has 1 aromatic carbocycles. The average molecular weight is 243 g/mol. The average Bonchev–Trinajstić information content (AvgIpc) is 2.38. The van der Waals surface area contributed by atoms with Gasteiger partial charge in [-0.3, -0.25) is 4.79 Å². The number of carbonyl (C=O) groups excluding carboxylic acids is 1. The lowest BCUT2D eigenvalue weighted by Crippen LogP contribution is -2.12. The first-order chi connectivity index (χ1) is 8.66. The molecule has 0 bridgehead atoms. The molecule has 0 spiro atoms. The van der Waals surface area contributed by atoms with Crippen LogP contribution < -0.4 is 16.8 Å². The molecule has 0 atom stereocenters. The van der Waals surface area contributed by atoms with Gasteiger partial charge in [0.2, 0.25) is 5.91 Å². The highest BCUT2D eigenvalue weighted by molar-refractivity contribution is 5.94. The smallest absolute Gasteiger partial charge is 0.248 e. The Kier molecular flexibility index (Phi) is 3.38. The second-order valence-corrected chi connectivity index (χ2v) is 3.73. The van der Waals surface area contributed by atoms with E-state index in [1.807, 2.05) is 6.07 Å². The summed E-state index contributed by atoms with van der Waals surface area (Å²) >= 11 is 0. The maximum Gasteiger partial charge on any atom is 0.248 e. The number of nitrogen functional groups attached to an aromatic ring is 1. The van der Waals surface area contributed by atoms with Gasteiger partial charge in [-0.15, -0.1) is 0 Å². The maximum absolute atomic E-state index is 11.1. The maximum atomic E-state index is 11.1. The van der Waals surface area contributed by atoms with Crippen LogP contribution in [0.4, 0.5) is 11.4 Å². The number of carbonyl (C=O) groups is 1. The molecule has 0 fully saturated rings. The number of primary amides is 1. The predicted molar refractivity (Wildman–Crippen MR) is 68.7 cm³/mol. The van der Waals surface area contributed by atoms with E-state index in [4.69, 9.17) is 11.5 Å². The molecule has 1 amide bonds. The van der Waals surface area contributed by atoms with Crippen molar-refractivity contribution in [2.24, 2.45) is 5.73 Å². The summed E-state index contributed by atoms with van der Waals surface area (Å²) < 4.78 is 0. The van der Waals surface area contributed by atoms with Crippen molar-refractivity contribution >= 4 is 17.3 Å². The van der Waals surface area contributed by atoms with Gasteiger partial charge in [-0.2, -0.15) is 10.2 Å². The van der Waals surface area contributed by atoms with Gasteiger partial charge in [0, 0.05) is 11.8 Å². The number of nitrogens with one attached hydrogen (secondary N) is 1. The summed E-state index contributed by atoms with van der Waals surface area (Å²) in [5, 5.41) is 10.8. The third kappa shape index (κ3) is 2.73. The minimum absolute atomic E-state index is 0.408. The topological polar surface area (TPSA) is 107 Å². The van der Waals surface area contributed by atoms with Gasteiger partial charge in [0.1, 0.15) is 0 Å². The molecular weight excluding hydrogens is 230 g/mol. The van der Waals surface area contributed by atoms with E-state index >= 15 is 0 Å². The summed E-state index contributed by atoms with van der Waals surface area (Å²) in [5.74, 6) is -0.488. The molecule has 0 saturated carbocycles. The highest BCUT2D eigenvalue weighted by Gasteiger charge is 2.05. The Hall–Kier alpha value is -2.63. The van der Waals surface area contributed by atoms with Crippen molar-refractivity contribution in [1.82, 2.24) is 10.2 Å². The number of rotatable bonds is 4. The van der Waals surface area contributed by atoms with E-state index in [9.17, 15) is 4.79 Å². The van der Waals surface area contributed by atoms with Gasteiger partial charge in [-0.05, 0) is 30.3 Å². The second kappa shape index (κ2) is 5.13. The number of hydrogen-bond acceptors (Lipinski definition) is 5. The molecule has 1 heterocycles. The van der Waals surface area contributed by atoms with Gasteiger partial charge in [0.05, 0.1) is 23.6 Å². The monoisotopic (exact) mass is 243 g/mol. The highest BCUT2D eigenvalue weighted by atomic mass is 16.1. The van der Waals surface area contributed by atoms with Crippen molar-refractivity contribution in [3.63, 3.8) is 0 Å². The van der Waals surface area contributed by atoms with Gasteiger partial charge < -0.3 is 16.8 Å². The summed E-state index contributed by atoms with van der Waals surface area (Å²) in [6, 6.07) is 8.49. The lowest BCUT2D eigenvalue weighted by molar-refractivity contribution is 0.100. The van der Waals surface area contributed by atoms with Crippen molar-refractivity contribution in [2.75, 3.05) is 11.1 Å². The minimum atomic E-state index is -0.488. The van der Waals surface area contributed by atoms with E-state index in [1.54, 1.807) is 30.5 Å². The van der Waals surface area contributed by atoms with Gasteiger partial charge in [-0.25, -0.2) is 0 Å². The van der Waals surface area contributed by atoms with E-state index in [1.165, 1.54) is 0 Å². The van der Waals surface area contributed by atoms with Crippen LogP contribution in [0.15, 0.2) is 36.5 Å². The van der Waals surface area contributed by atoms with Crippen molar-refractivity contribution in [1.29, 1.82) is 0 Å². The normalized spacial score (nSPS) is 10.0. The molecule has 0 saturated heterocycles. The number of nitrogens with two attached hydrogens (primary N) is 2. The van der Waals surface area contributed by atoms with E-state index < -0.39 is 5.91 Å². The van der Waals surface area contributed by atoms with E-state index in [0.29, 0.717) is 23.5 Å². The van der Waals surface area contributed by atoms with Crippen LogP contribution in [-0.2, 0) is 6.54 Å². The van der Waals surface area contributed by atoms with Crippen LogP contribution in [0, 0.1) is 0 Å². The van der Waals surface area contributed by atoms with Crippen molar-refractivity contribution in [3.05, 3.63) is 47.8 Å². The SMILES string of the molecule is NC(=O)c1ccc(N)c(NCc2cccnn2)c1. The van der Waals surface area contributed by atoms with Crippen molar-refractivity contribution in [3.8, 4) is 0 Å². The number of amides is 1. The number of nitrogens with zero attached hydrogens (tertiary/aromatic N) is 2. The fraction of sp³-hybridized carbons (Fsp3) is 0.0833.